The summed E-state index contributed by atoms with van der Waals surface area (Å²) >= 11 is 0. The van der Waals surface area contributed by atoms with Gasteiger partial charge in [-0.05, 0) is 30.3 Å². The monoisotopic (exact) mass is 366 g/mol. The van der Waals surface area contributed by atoms with Crippen LogP contribution in [0.15, 0.2) is 60.8 Å². The van der Waals surface area contributed by atoms with Crippen molar-refractivity contribution in [3.8, 4) is 17.4 Å². The summed E-state index contributed by atoms with van der Waals surface area (Å²) in [5.74, 6) is 0.544. The molecule has 27 heavy (non-hydrogen) atoms. The van der Waals surface area contributed by atoms with Gasteiger partial charge in [0.15, 0.2) is 11.5 Å². The molecule has 136 valence electrons. The SMILES string of the molecule is O=C(Nc1ccc2c(c1)OCO2)c1cccnc1OCc1ccccc1F. The van der Waals surface area contributed by atoms with Crippen molar-refractivity contribution in [3.05, 3.63) is 77.7 Å². The predicted molar refractivity (Wildman–Crippen MR) is 95.5 cm³/mol. The fourth-order valence-electron chi connectivity index (χ4n) is 2.61. The molecule has 0 fully saturated rings. The molecule has 0 atom stereocenters. The van der Waals surface area contributed by atoms with Crippen molar-refractivity contribution in [1.82, 2.24) is 4.98 Å². The molecule has 6 nitrogen and oxygen atoms in total. The minimum absolute atomic E-state index is 0.0337. The van der Waals surface area contributed by atoms with Gasteiger partial charge in [0, 0.05) is 23.5 Å². The molecule has 0 aliphatic carbocycles. The van der Waals surface area contributed by atoms with Crippen LogP contribution in [-0.2, 0) is 6.61 Å². The number of nitrogens with zero attached hydrogens (tertiary/aromatic N) is 1. The summed E-state index contributed by atoms with van der Waals surface area (Å²) in [6, 6.07) is 14.6. The number of benzene rings is 2. The lowest BCUT2D eigenvalue weighted by Crippen LogP contribution is -2.14. The van der Waals surface area contributed by atoms with E-state index < -0.39 is 5.91 Å². The van der Waals surface area contributed by atoms with E-state index in [1.165, 1.54) is 12.3 Å². The zero-order valence-electron chi connectivity index (χ0n) is 14.1. The van der Waals surface area contributed by atoms with Gasteiger partial charge in [0.25, 0.3) is 5.91 Å². The highest BCUT2D eigenvalue weighted by atomic mass is 19.1. The molecule has 2 heterocycles. The van der Waals surface area contributed by atoms with Crippen LogP contribution in [-0.4, -0.2) is 17.7 Å². The van der Waals surface area contributed by atoms with Crippen molar-refractivity contribution in [2.24, 2.45) is 0 Å². The van der Waals surface area contributed by atoms with E-state index in [9.17, 15) is 9.18 Å². The van der Waals surface area contributed by atoms with Crippen LogP contribution in [0.3, 0.4) is 0 Å². The lowest BCUT2D eigenvalue weighted by Gasteiger charge is -2.11. The second kappa shape index (κ2) is 7.33. The first-order chi connectivity index (χ1) is 13.2. The van der Waals surface area contributed by atoms with Gasteiger partial charge in [-0.2, -0.15) is 0 Å². The Morgan fingerprint density at radius 1 is 1.11 bits per heavy atom. The third-order valence-corrected chi connectivity index (χ3v) is 3.97. The summed E-state index contributed by atoms with van der Waals surface area (Å²) in [6.07, 6.45) is 1.51. The largest absolute Gasteiger partial charge is 0.472 e. The highest BCUT2D eigenvalue weighted by Gasteiger charge is 2.17. The van der Waals surface area contributed by atoms with Gasteiger partial charge >= 0.3 is 0 Å². The molecule has 1 N–H and O–H groups in total. The Bertz CT molecular complexity index is 993. The van der Waals surface area contributed by atoms with Gasteiger partial charge in [-0.1, -0.05) is 18.2 Å². The molecule has 1 aliphatic rings. The summed E-state index contributed by atoms with van der Waals surface area (Å²) in [5, 5.41) is 2.77. The van der Waals surface area contributed by atoms with Crippen LogP contribution in [0.25, 0.3) is 0 Å². The first kappa shape index (κ1) is 16.8. The molecule has 4 rings (SSSR count). The van der Waals surface area contributed by atoms with Crippen LogP contribution >= 0.6 is 0 Å². The first-order valence-electron chi connectivity index (χ1n) is 8.23. The number of ether oxygens (including phenoxy) is 3. The minimum Gasteiger partial charge on any atom is -0.472 e. The van der Waals surface area contributed by atoms with Gasteiger partial charge in [-0.3, -0.25) is 4.79 Å². The van der Waals surface area contributed by atoms with Crippen LogP contribution in [0, 0.1) is 5.82 Å². The summed E-state index contributed by atoms with van der Waals surface area (Å²) in [6.45, 7) is 0.122. The second-order valence-electron chi connectivity index (χ2n) is 5.76. The molecule has 2 aromatic carbocycles. The molecular formula is C20H15FN2O4. The van der Waals surface area contributed by atoms with Gasteiger partial charge in [0.2, 0.25) is 12.7 Å². The molecule has 0 saturated heterocycles. The average molecular weight is 366 g/mol. The molecule has 1 aromatic heterocycles. The van der Waals surface area contributed by atoms with Gasteiger partial charge in [0.05, 0.1) is 0 Å². The van der Waals surface area contributed by atoms with E-state index in [1.54, 1.807) is 48.5 Å². The summed E-state index contributed by atoms with van der Waals surface area (Å²) in [5.41, 5.74) is 1.17. The van der Waals surface area contributed by atoms with Gasteiger partial charge in [-0.15, -0.1) is 0 Å². The lowest BCUT2D eigenvalue weighted by molar-refractivity contribution is 0.102. The Morgan fingerprint density at radius 3 is 2.85 bits per heavy atom. The van der Waals surface area contributed by atoms with E-state index in [2.05, 4.69) is 10.3 Å². The summed E-state index contributed by atoms with van der Waals surface area (Å²) in [4.78, 5) is 16.7. The maximum atomic E-state index is 13.7. The average Bonchev–Trinajstić information content (AvgIpc) is 3.15. The zero-order valence-corrected chi connectivity index (χ0v) is 14.1. The van der Waals surface area contributed by atoms with Crippen molar-refractivity contribution < 1.29 is 23.4 Å². The maximum Gasteiger partial charge on any atom is 0.261 e. The Morgan fingerprint density at radius 2 is 1.96 bits per heavy atom. The first-order valence-corrected chi connectivity index (χ1v) is 8.23. The van der Waals surface area contributed by atoms with Crippen LogP contribution < -0.4 is 19.5 Å². The molecule has 0 spiro atoms. The third kappa shape index (κ3) is 3.67. The van der Waals surface area contributed by atoms with Crippen LogP contribution in [0.5, 0.6) is 17.4 Å². The zero-order chi connectivity index (χ0) is 18.6. The fraction of sp³-hybridized carbons (Fsp3) is 0.100. The topological polar surface area (TPSA) is 69.7 Å². The number of anilines is 1. The standard InChI is InChI=1S/C20H15FN2O4/c21-16-6-2-1-4-13(16)11-25-20-15(5-3-9-22-20)19(24)23-14-7-8-17-18(10-14)27-12-26-17/h1-10H,11-12H2,(H,23,24). The van der Waals surface area contributed by atoms with Crippen LogP contribution in [0.1, 0.15) is 15.9 Å². The molecular weight excluding hydrogens is 351 g/mol. The highest BCUT2D eigenvalue weighted by molar-refractivity contribution is 6.05. The van der Waals surface area contributed by atoms with Crippen molar-refractivity contribution in [2.75, 3.05) is 12.1 Å². The number of halogens is 1. The molecule has 0 bridgehead atoms. The Kier molecular flexibility index (Phi) is 4.57. The smallest absolute Gasteiger partial charge is 0.261 e. The van der Waals surface area contributed by atoms with Gasteiger partial charge in [-0.25, -0.2) is 9.37 Å². The Balaban J connectivity index is 1.50. The highest BCUT2D eigenvalue weighted by Crippen LogP contribution is 2.34. The molecule has 0 unspecified atom stereocenters. The molecule has 1 aliphatic heterocycles. The lowest BCUT2D eigenvalue weighted by atomic mass is 10.2. The number of aromatic nitrogens is 1. The second-order valence-corrected chi connectivity index (χ2v) is 5.76. The normalized spacial score (nSPS) is 11.9. The van der Waals surface area contributed by atoms with Crippen molar-refractivity contribution in [1.29, 1.82) is 0 Å². The number of fused-ring (bicyclic) bond motifs is 1. The molecule has 3 aromatic rings. The number of rotatable bonds is 5. The Labute approximate surface area is 154 Å². The van der Waals surface area contributed by atoms with Crippen molar-refractivity contribution >= 4 is 11.6 Å². The Hall–Kier alpha value is -3.61. The van der Waals surface area contributed by atoms with Gasteiger partial charge < -0.3 is 19.5 Å². The number of nitrogens with one attached hydrogen (secondary N) is 1. The summed E-state index contributed by atoms with van der Waals surface area (Å²) in [7, 11) is 0. The van der Waals surface area contributed by atoms with E-state index in [0.29, 0.717) is 22.7 Å². The molecule has 0 saturated carbocycles. The number of pyridine rings is 1. The maximum absolute atomic E-state index is 13.7. The van der Waals surface area contributed by atoms with Gasteiger partial charge in [0.1, 0.15) is 18.0 Å². The van der Waals surface area contributed by atoms with E-state index in [0.717, 1.165) is 0 Å². The quantitative estimate of drug-likeness (QED) is 0.744. The van der Waals surface area contributed by atoms with Crippen LogP contribution in [0.4, 0.5) is 10.1 Å². The molecule has 1 amide bonds. The number of carbonyl (C=O) groups is 1. The van der Waals surface area contributed by atoms with E-state index in [1.807, 2.05) is 0 Å². The van der Waals surface area contributed by atoms with E-state index in [4.69, 9.17) is 14.2 Å². The number of amides is 1. The number of hydrogen-bond acceptors (Lipinski definition) is 5. The van der Waals surface area contributed by atoms with E-state index in [-0.39, 0.29) is 30.7 Å². The third-order valence-electron chi connectivity index (χ3n) is 3.97. The molecule has 0 radical (unpaired) electrons. The number of hydrogen-bond donors (Lipinski definition) is 1. The minimum atomic E-state index is -0.398. The number of carbonyl (C=O) groups excluding carboxylic acids is 1. The van der Waals surface area contributed by atoms with E-state index >= 15 is 0 Å². The van der Waals surface area contributed by atoms with Crippen molar-refractivity contribution in [3.63, 3.8) is 0 Å². The fourth-order valence-corrected chi connectivity index (χ4v) is 2.61. The summed E-state index contributed by atoms with van der Waals surface area (Å²) < 4.78 is 29.9. The van der Waals surface area contributed by atoms with Crippen molar-refractivity contribution in [2.45, 2.75) is 6.61 Å². The molecule has 7 heteroatoms. The predicted octanol–water partition coefficient (Wildman–Crippen LogP) is 3.78. The van der Waals surface area contributed by atoms with Crippen LogP contribution in [0.2, 0.25) is 0 Å².